The third-order valence-corrected chi connectivity index (χ3v) is 5.17. The maximum absolute atomic E-state index is 12.1. The molecule has 26 heavy (non-hydrogen) atoms. The summed E-state index contributed by atoms with van der Waals surface area (Å²) in [6.45, 7) is 3.13. The molecule has 1 aromatic rings. The number of carbonyl (C=O) groups excluding carboxylic acids is 2. The lowest BCUT2D eigenvalue weighted by molar-refractivity contribution is -0.142. The van der Waals surface area contributed by atoms with Crippen molar-refractivity contribution in [3.63, 3.8) is 0 Å². The molecule has 0 saturated carbocycles. The Balaban J connectivity index is 2.55. The van der Waals surface area contributed by atoms with Crippen molar-refractivity contribution in [1.29, 1.82) is 0 Å². The lowest BCUT2D eigenvalue weighted by atomic mass is 10.1. The highest BCUT2D eigenvalue weighted by Gasteiger charge is 2.20. The Kier molecular flexibility index (Phi) is 8.40. The number of hydrogen-bond acceptors (Lipinski definition) is 5. The van der Waals surface area contributed by atoms with Gasteiger partial charge in [-0.25, -0.2) is 17.9 Å². The van der Waals surface area contributed by atoms with Crippen LogP contribution in [-0.2, 0) is 19.6 Å². The number of sulfonamides is 1. The van der Waals surface area contributed by atoms with Crippen LogP contribution in [0.4, 0.5) is 0 Å². The van der Waals surface area contributed by atoms with E-state index >= 15 is 0 Å². The van der Waals surface area contributed by atoms with Gasteiger partial charge in [-0.05, 0) is 25.5 Å². The van der Waals surface area contributed by atoms with Crippen LogP contribution in [0.1, 0.15) is 49.9 Å². The molecule has 8 nitrogen and oxygen atoms in total. The Bertz CT molecular complexity index is 743. The first-order chi connectivity index (χ1) is 12.2. The fraction of sp³-hybridized carbons (Fsp3) is 0.471. The number of aliphatic carboxylic acids is 1. The summed E-state index contributed by atoms with van der Waals surface area (Å²) in [5.74, 6) is -1.82. The van der Waals surface area contributed by atoms with Crippen LogP contribution in [0.5, 0.6) is 0 Å². The van der Waals surface area contributed by atoms with Gasteiger partial charge in [0.1, 0.15) is 6.04 Å². The minimum absolute atomic E-state index is 0.0192. The molecule has 3 N–H and O–H groups in total. The van der Waals surface area contributed by atoms with E-state index in [9.17, 15) is 22.8 Å². The first-order valence-corrected chi connectivity index (χ1v) is 9.78. The quantitative estimate of drug-likeness (QED) is 0.493. The summed E-state index contributed by atoms with van der Waals surface area (Å²) in [6, 6.07) is 4.47. The predicted molar refractivity (Wildman–Crippen MR) is 95.3 cm³/mol. The van der Waals surface area contributed by atoms with Crippen molar-refractivity contribution in [2.45, 2.75) is 50.5 Å². The smallest absolute Gasteiger partial charge is 0.326 e. The largest absolute Gasteiger partial charge is 0.480 e. The fourth-order valence-corrected chi connectivity index (χ4v) is 3.22. The summed E-state index contributed by atoms with van der Waals surface area (Å²) in [5.41, 5.74) is 0.398. The summed E-state index contributed by atoms with van der Waals surface area (Å²) in [6.07, 6.45) is 1.62. The van der Waals surface area contributed by atoms with Crippen molar-refractivity contribution in [3.05, 3.63) is 29.8 Å². The lowest BCUT2D eigenvalue weighted by Gasteiger charge is -2.14. The second-order valence-electron chi connectivity index (χ2n) is 5.83. The Morgan fingerprint density at radius 2 is 1.77 bits per heavy atom. The molecule has 1 unspecified atom stereocenters. The number of rotatable bonds is 11. The van der Waals surface area contributed by atoms with Crippen molar-refractivity contribution in [3.8, 4) is 0 Å². The average Bonchev–Trinajstić information content (AvgIpc) is 2.58. The molecule has 0 heterocycles. The maximum Gasteiger partial charge on any atom is 0.326 e. The van der Waals surface area contributed by atoms with Crippen LogP contribution < -0.4 is 10.0 Å². The van der Waals surface area contributed by atoms with Crippen LogP contribution in [0.15, 0.2) is 29.2 Å². The van der Waals surface area contributed by atoms with Crippen molar-refractivity contribution < 1.29 is 27.9 Å². The summed E-state index contributed by atoms with van der Waals surface area (Å²) in [5, 5.41) is 11.4. The SMILES string of the molecule is CCCCC(NC(=O)CCNS(=O)(=O)c1ccc(C(C)=O)cc1)C(=O)O. The number of carboxylic acids is 1. The van der Waals surface area contributed by atoms with Gasteiger partial charge in [0.2, 0.25) is 15.9 Å². The van der Waals surface area contributed by atoms with E-state index in [1.807, 2.05) is 6.92 Å². The Morgan fingerprint density at radius 1 is 1.15 bits per heavy atom. The first-order valence-electron chi connectivity index (χ1n) is 8.30. The molecule has 9 heteroatoms. The Morgan fingerprint density at radius 3 is 2.27 bits per heavy atom. The fourth-order valence-electron chi connectivity index (χ4n) is 2.18. The van der Waals surface area contributed by atoms with E-state index in [0.29, 0.717) is 18.4 Å². The van der Waals surface area contributed by atoms with Crippen molar-refractivity contribution in [1.82, 2.24) is 10.0 Å². The lowest BCUT2D eigenvalue weighted by Crippen LogP contribution is -2.41. The number of unbranched alkanes of at least 4 members (excludes halogenated alkanes) is 1. The van der Waals surface area contributed by atoms with Gasteiger partial charge >= 0.3 is 5.97 Å². The molecule has 0 aliphatic carbocycles. The van der Waals surface area contributed by atoms with E-state index in [1.165, 1.54) is 31.2 Å². The highest BCUT2D eigenvalue weighted by Crippen LogP contribution is 2.11. The van der Waals surface area contributed by atoms with E-state index in [-0.39, 0.29) is 23.6 Å². The van der Waals surface area contributed by atoms with E-state index < -0.39 is 27.9 Å². The van der Waals surface area contributed by atoms with Gasteiger partial charge in [0.15, 0.2) is 5.78 Å². The third kappa shape index (κ3) is 6.93. The standard InChI is InChI=1S/C17H24N2O6S/c1-3-4-5-15(17(22)23)19-16(21)10-11-18-26(24,25)14-8-6-13(7-9-14)12(2)20/h6-9,15,18H,3-5,10-11H2,1-2H3,(H,19,21)(H,22,23). The minimum atomic E-state index is -3.82. The van der Waals surface area contributed by atoms with Gasteiger partial charge in [-0.2, -0.15) is 0 Å². The number of Topliss-reactive ketones (excluding diaryl/α,β-unsaturated/α-hetero) is 1. The molecule has 1 rings (SSSR count). The second-order valence-corrected chi connectivity index (χ2v) is 7.60. The van der Waals surface area contributed by atoms with E-state index in [0.717, 1.165) is 6.42 Å². The summed E-state index contributed by atoms with van der Waals surface area (Å²) < 4.78 is 26.6. The number of hydrogen-bond donors (Lipinski definition) is 3. The molecule has 0 bridgehead atoms. The van der Waals surface area contributed by atoms with Gasteiger partial charge in [0.05, 0.1) is 4.90 Å². The van der Waals surface area contributed by atoms with Crippen molar-refractivity contribution in [2.24, 2.45) is 0 Å². The first kappa shape index (κ1) is 21.8. The minimum Gasteiger partial charge on any atom is -0.480 e. The van der Waals surface area contributed by atoms with Crippen LogP contribution in [0, 0.1) is 0 Å². The average molecular weight is 384 g/mol. The monoisotopic (exact) mass is 384 g/mol. The molecule has 1 aromatic carbocycles. The number of ketones is 1. The van der Waals surface area contributed by atoms with Gasteiger partial charge in [-0.1, -0.05) is 31.9 Å². The summed E-state index contributed by atoms with van der Waals surface area (Å²) in [7, 11) is -3.82. The van der Waals surface area contributed by atoms with Crippen molar-refractivity contribution in [2.75, 3.05) is 6.54 Å². The van der Waals surface area contributed by atoms with Crippen molar-refractivity contribution >= 4 is 27.7 Å². The molecular formula is C17H24N2O6S. The van der Waals surface area contributed by atoms with E-state index in [2.05, 4.69) is 10.0 Å². The summed E-state index contributed by atoms with van der Waals surface area (Å²) in [4.78, 5) is 34.1. The normalized spacial score (nSPS) is 12.4. The van der Waals surface area contributed by atoms with Gasteiger partial charge in [0.25, 0.3) is 0 Å². The highest BCUT2D eigenvalue weighted by molar-refractivity contribution is 7.89. The highest BCUT2D eigenvalue weighted by atomic mass is 32.2. The molecule has 144 valence electrons. The van der Waals surface area contributed by atoms with E-state index in [1.54, 1.807) is 0 Å². The predicted octanol–water partition coefficient (Wildman–Crippen LogP) is 1.32. The molecular weight excluding hydrogens is 360 g/mol. The summed E-state index contributed by atoms with van der Waals surface area (Å²) >= 11 is 0. The number of carboxylic acid groups (broad SMARTS) is 1. The second kappa shape index (κ2) is 10.0. The molecule has 0 radical (unpaired) electrons. The number of amides is 1. The Labute approximate surface area is 153 Å². The van der Waals surface area contributed by atoms with Gasteiger partial charge in [-0.3, -0.25) is 9.59 Å². The third-order valence-electron chi connectivity index (χ3n) is 3.69. The maximum atomic E-state index is 12.1. The number of benzene rings is 1. The van der Waals surface area contributed by atoms with E-state index in [4.69, 9.17) is 5.11 Å². The Hall–Kier alpha value is -2.26. The zero-order chi connectivity index (χ0) is 19.7. The van der Waals surface area contributed by atoms with Gasteiger partial charge in [0, 0.05) is 18.5 Å². The number of nitrogens with one attached hydrogen (secondary N) is 2. The van der Waals surface area contributed by atoms with Crippen LogP contribution in [0.2, 0.25) is 0 Å². The van der Waals surface area contributed by atoms with Crippen LogP contribution in [0.3, 0.4) is 0 Å². The van der Waals surface area contributed by atoms with Gasteiger partial charge < -0.3 is 10.4 Å². The molecule has 0 aromatic heterocycles. The van der Waals surface area contributed by atoms with Crippen LogP contribution >= 0.6 is 0 Å². The molecule has 1 atom stereocenters. The topological polar surface area (TPSA) is 130 Å². The molecule has 0 aliphatic rings. The molecule has 1 amide bonds. The molecule has 0 saturated heterocycles. The molecule has 0 spiro atoms. The zero-order valence-corrected chi connectivity index (χ0v) is 15.6. The number of carbonyl (C=O) groups is 3. The zero-order valence-electron chi connectivity index (χ0n) is 14.8. The van der Waals surface area contributed by atoms with Crippen LogP contribution in [-0.4, -0.2) is 43.8 Å². The molecule has 0 fully saturated rings. The van der Waals surface area contributed by atoms with Crippen LogP contribution in [0.25, 0.3) is 0 Å². The van der Waals surface area contributed by atoms with Gasteiger partial charge in [-0.15, -0.1) is 0 Å². The molecule has 0 aliphatic heterocycles.